The number of piperazine rings is 1. The van der Waals surface area contributed by atoms with Crippen molar-refractivity contribution in [2.75, 3.05) is 45.0 Å². The molecule has 26 heavy (non-hydrogen) atoms. The number of rotatable bonds is 4. The van der Waals surface area contributed by atoms with Gasteiger partial charge in [0.05, 0.1) is 11.2 Å². The van der Waals surface area contributed by atoms with Crippen LogP contribution in [0.3, 0.4) is 0 Å². The van der Waals surface area contributed by atoms with E-state index < -0.39 is 15.4 Å². The fraction of sp³-hybridized carbons (Fsp3) is 0.611. The molecule has 2 heterocycles. The van der Waals surface area contributed by atoms with Crippen LogP contribution in [0.1, 0.15) is 25.3 Å². The molecule has 0 spiro atoms. The number of sulfonamides is 1. The van der Waals surface area contributed by atoms with Crippen molar-refractivity contribution >= 4 is 28.3 Å². The predicted octanol–water partition coefficient (Wildman–Crippen LogP) is 1.22. The van der Waals surface area contributed by atoms with E-state index in [1.807, 2.05) is 35.2 Å². The topological polar surface area (TPSA) is 69.7 Å². The maximum absolute atomic E-state index is 13.4. The summed E-state index contributed by atoms with van der Waals surface area (Å²) in [6.07, 6.45) is 1.08. The molecular weight excluding hydrogens is 374 g/mol. The van der Waals surface area contributed by atoms with Gasteiger partial charge in [-0.3, -0.25) is 4.79 Å². The number of carbonyl (C=O) groups excluding carboxylic acids is 1. The average Bonchev–Trinajstić information content (AvgIpc) is 2.68. The summed E-state index contributed by atoms with van der Waals surface area (Å²) in [5, 5.41) is 3.28. The van der Waals surface area contributed by atoms with Crippen molar-refractivity contribution in [3.05, 3.63) is 35.9 Å². The molecule has 2 saturated heterocycles. The third-order valence-electron chi connectivity index (χ3n) is 5.47. The van der Waals surface area contributed by atoms with Gasteiger partial charge in [0.15, 0.2) is 0 Å². The second-order valence-electron chi connectivity index (χ2n) is 6.79. The minimum absolute atomic E-state index is 0. The van der Waals surface area contributed by atoms with E-state index >= 15 is 0 Å². The summed E-state index contributed by atoms with van der Waals surface area (Å²) in [5.41, 5.74) is 0.394. The van der Waals surface area contributed by atoms with E-state index in [2.05, 4.69) is 5.32 Å². The van der Waals surface area contributed by atoms with Crippen LogP contribution in [-0.2, 0) is 20.2 Å². The summed E-state index contributed by atoms with van der Waals surface area (Å²) < 4.78 is 25.9. The highest BCUT2D eigenvalue weighted by molar-refractivity contribution is 7.89. The number of halogens is 1. The van der Waals surface area contributed by atoms with Gasteiger partial charge < -0.3 is 10.2 Å². The first-order valence-corrected chi connectivity index (χ1v) is 10.6. The van der Waals surface area contributed by atoms with Gasteiger partial charge in [0.25, 0.3) is 0 Å². The van der Waals surface area contributed by atoms with Gasteiger partial charge in [0.1, 0.15) is 0 Å². The predicted molar refractivity (Wildman–Crippen MR) is 105 cm³/mol. The first-order valence-electron chi connectivity index (χ1n) is 9.03. The highest BCUT2D eigenvalue weighted by Crippen LogP contribution is 2.38. The number of benzene rings is 1. The van der Waals surface area contributed by atoms with Crippen molar-refractivity contribution in [3.8, 4) is 0 Å². The van der Waals surface area contributed by atoms with Crippen LogP contribution in [0.5, 0.6) is 0 Å². The van der Waals surface area contributed by atoms with E-state index in [4.69, 9.17) is 0 Å². The van der Waals surface area contributed by atoms with Crippen LogP contribution in [0.2, 0.25) is 0 Å². The minimum atomic E-state index is -3.21. The zero-order chi connectivity index (χ0) is 17.9. The fourth-order valence-electron chi connectivity index (χ4n) is 3.88. The van der Waals surface area contributed by atoms with E-state index in [0.717, 1.165) is 18.7 Å². The van der Waals surface area contributed by atoms with E-state index in [-0.39, 0.29) is 24.1 Å². The Labute approximate surface area is 162 Å². The van der Waals surface area contributed by atoms with Crippen LogP contribution < -0.4 is 5.32 Å². The molecule has 0 atom stereocenters. The number of nitrogens with one attached hydrogen (secondary N) is 1. The minimum Gasteiger partial charge on any atom is -0.339 e. The summed E-state index contributed by atoms with van der Waals surface area (Å²) in [5.74, 6) is 0.255. The largest absolute Gasteiger partial charge is 0.339 e. The van der Waals surface area contributed by atoms with Crippen molar-refractivity contribution in [2.24, 2.45) is 0 Å². The van der Waals surface area contributed by atoms with Crippen LogP contribution in [0.25, 0.3) is 0 Å². The Morgan fingerprint density at radius 3 is 2.19 bits per heavy atom. The molecule has 1 aromatic carbocycles. The lowest BCUT2D eigenvalue weighted by Gasteiger charge is -2.44. The Kier molecular flexibility index (Phi) is 7.07. The molecule has 0 unspecified atom stereocenters. The van der Waals surface area contributed by atoms with Gasteiger partial charge in [-0.25, -0.2) is 12.7 Å². The number of hydrogen-bond donors (Lipinski definition) is 1. The number of amides is 1. The van der Waals surface area contributed by atoms with E-state index in [1.165, 1.54) is 0 Å². The number of carbonyl (C=O) groups is 1. The molecule has 8 heteroatoms. The molecule has 3 rings (SSSR count). The molecule has 0 saturated carbocycles. The van der Waals surface area contributed by atoms with Crippen LogP contribution >= 0.6 is 12.4 Å². The number of piperidine rings is 1. The Bertz CT molecular complexity index is 698. The average molecular weight is 402 g/mol. The number of nitrogens with zero attached hydrogens (tertiary/aromatic N) is 2. The van der Waals surface area contributed by atoms with Crippen LogP contribution in [-0.4, -0.2) is 68.6 Å². The molecule has 0 radical (unpaired) electrons. The summed E-state index contributed by atoms with van der Waals surface area (Å²) in [6, 6.07) is 9.87. The van der Waals surface area contributed by atoms with Crippen molar-refractivity contribution in [3.63, 3.8) is 0 Å². The van der Waals surface area contributed by atoms with Gasteiger partial charge in [-0.15, -0.1) is 12.4 Å². The van der Waals surface area contributed by atoms with Gasteiger partial charge in [0, 0.05) is 39.3 Å². The first kappa shape index (κ1) is 21.2. The van der Waals surface area contributed by atoms with E-state index in [0.29, 0.717) is 39.0 Å². The third-order valence-corrected chi connectivity index (χ3v) is 7.36. The van der Waals surface area contributed by atoms with Crippen LogP contribution in [0, 0.1) is 0 Å². The zero-order valence-corrected chi connectivity index (χ0v) is 16.8. The standard InChI is InChI=1S/C18H27N3O3S.ClH/c1-2-25(23,24)21-12-8-18(9-13-21,16-6-4-3-5-7-16)17(22)20-14-10-19-11-15-20;/h3-7,19H,2,8-15H2,1H3;1H. The monoisotopic (exact) mass is 401 g/mol. The van der Waals surface area contributed by atoms with Crippen LogP contribution in [0.15, 0.2) is 30.3 Å². The Morgan fingerprint density at radius 2 is 1.65 bits per heavy atom. The van der Waals surface area contributed by atoms with Crippen molar-refractivity contribution in [1.29, 1.82) is 0 Å². The molecule has 6 nitrogen and oxygen atoms in total. The van der Waals surface area contributed by atoms with Crippen molar-refractivity contribution in [2.45, 2.75) is 25.2 Å². The Hall–Kier alpha value is -1.15. The highest BCUT2D eigenvalue weighted by Gasteiger charge is 2.46. The summed E-state index contributed by atoms with van der Waals surface area (Å²) >= 11 is 0. The molecule has 1 amide bonds. The molecule has 1 N–H and O–H groups in total. The zero-order valence-electron chi connectivity index (χ0n) is 15.2. The molecule has 0 bridgehead atoms. The van der Waals surface area contributed by atoms with Gasteiger partial charge >= 0.3 is 0 Å². The summed E-state index contributed by atoms with van der Waals surface area (Å²) in [6.45, 7) is 5.53. The highest BCUT2D eigenvalue weighted by atomic mass is 35.5. The van der Waals surface area contributed by atoms with Crippen LogP contribution in [0.4, 0.5) is 0 Å². The normalized spacial score (nSPS) is 21.0. The third kappa shape index (κ3) is 4.06. The van der Waals surface area contributed by atoms with Gasteiger partial charge in [0.2, 0.25) is 15.9 Å². The molecule has 2 fully saturated rings. The van der Waals surface area contributed by atoms with E-state index in [9.17, 15) is 13.2 Å². The molecule has 2 aliphatic heterocycles. The second kappa shape index (κ2) is 8.69. The first-order chi connectivity index (χ1) is 12.0. The maximum atomic E-state index is 13.4. The smallest absolute Gasteiger partial charge is 0.233 e. The molecule has 1 aromatic rings. The number of hydrogen-bond acceptors (Lipinski definition) is 4. The van der Waals surface area contributed by atoms with Gasteiger partial charge in [-0.1, -0.05) is 30.3 Å². The molecule has 0 aromatic heterocycles. The lowest BCUT2D eigenvalue weighted by molar-refractivity contribution is -0.139. The molecule has 146 valence electrons. The lowest BCUT2D eigenvalue weighted by atomic mass is 9.72. The quantitative estimate of drug-likeness (QED) is 0.823. The van der Waals surface area contributed by atoms with Gasteiger partial charge in [-0.2, -0.15) is 0 Å². The lowest BCUT2D eigenvalue weighted by Crippen LogP contribution is -2.57. The summed E-state index contributed by atoms with van der Waals surface area (Å²) in [7, 11) is -3.21. The molecule has 0 aliphatic carbocycles. The van der Waals surface area contributed by atoms with Crippen molar-refractivity contribution in [1.82, 2.24) is 14.5 Å². The maximum Gasteiger partial charge on any atom is 0.233 e. The van der Waals surface area contributed by atoms with E-state index in [1.54, 1.807) is 11.2 Å². The SMILES string of the molecule is CCS(=O)(=O)N1CCC(C(=O)N2CCNCC2)(c2ccccc2)CC1.Cl. The molecule has 2 aliphatic rings. The Balaban J connectivity index is 0.00000243. The van der Waals surface area contributed by atoms with Gasteiger partial charge in [-0.05, 0) is 25.3 Å². The fourth-order valence-corrected chi connectivity index (χ4v) is 4.99. The second-order valence-corrected chi connectivity index (χ2v) is 9.05. The Morgan fingerprint density at radius 1 is 1.08 bits per heavy atom. The van der Waals surface area contributed by atoms with Crippen molar-refractivity contribution < 1.29 is 13.2 Å². The summed E-state index contributed by atoms with van der Waals surface area (Å²) in [4.78, 5) is 15.4. The molecular formula is C18H28ClN3O3S.